The lowest BCUT2D eigenvalue weighted by Crippen LogP contribution is -2.23. The zero-order valence-corrected chi connectivity index (χ0v) is 14.2. The van der Waals surface area contributed by atoms with E-state index in [0.717, 1.165) is 30.4 Å². The van der Waals surface area contributed by atoms with Gasteiger partial charge < -0.3 is 15.7 Å². The van der Waals surface area contributed by atoms with E-state index in [1.165, 1.54) is 0 Å². The minimum Gasteiger partial charge on any atom is -0.393 e. The number of hydrogen-bond donors (Lipinski definition) is 3. The Labute approximate surface area is 128 Å². The topological polar surface area (TPSA) is 70.1 Å². The van der Waals surface area contributed by atoms with E-state index < -0.39 is 0 Å². The molecule has 0 bridgehead atoms. The van der Waals surface area contributed by atoms with Crippen LogP contribution in [0.15, 0.2) is 6.07 Å². The van der Waals surface area contributed by atoms with E-state index in [4.69, 9.17) is 0 Å². The van der Waals surface area contributed by atoms with Crippen LogP contribution in [0.2, 0.25) is 0 Å². The first-order chi connectivity index (χ1) is 9.72. The van der Waals surface area contributed by atoms with Crippen molar-refractivity contribution < 1.29 is 5.11 Å². The van der Waals surface area contributed by atoms with Crippen molar-refractivity contribution in [1.29, 1.82) is 0 Å². The van der Waals surface area contributed by atoms with Crippen molar-refractivity contribution in [2.45, 2.75) is 71.9 Å². The summed E-state index contributed by atoms with van der Waals surface area (Å²) < 4.78 is 0. The molecule has 1 rings (SSSR count). The number of aliphatic hydroxyl groups is 1. The fourth-order valence-corrected chi connectivity index (χ4v) is 2.02. The molecule has 2 atom stereocenters. The molecular weight excluding hydrogens is 264 g/mol. The third-order valence-corrected chi connectivity index (χ3v) is 3.04. The minimum atomic E-state index is -0.325. The minimum absolute atomic E-state index is 0.103. The summed E-state index contributed by atoms with van der Waals surface area (Å²) in [5, 5.41) is 16.1. The molecule has 0 saturated heterocycles. The highest BCUT2D eigenvalue weighted by Crippen LogP contribution is 2.23. The van der Waals surface area contributed by atoms with Crippen LogP contribution in [0.5, 0.6) is 0 Å². The molecule has 1 aromatic heterocycles. The number of aliphatic hydroxyl groups excluding tert-OH is 1. The van der Waals surface area contributed by atoms with E-state index in [-0.39, 0.29) is 17.6 Å². The molecule has 0 amide bonds. The highest BCUT2D eigenvalue weighted by molar-refractivity contribution is 5.48. The fraction of sp³-hybridized carbons (Fsp3) is 0.750. The molecule has 0 aliphatic heterocycles. The molecule has 0 aliphatic rings. The Hall–Kier alpha value is -1.36. The van der Waals surface area contributed by atoms with Crippen molar-refractivity contribution in [2.24, 2.45) is 0 Å². The van der Waals surface area contributed by atoms with E-state index in [1.807, 2.05) is 13.0 Å². The third-order valence-electron chi connectivity index (χ3n) is 3.04. The van der Waals surface area contributed by atoms with Gasteiger partial charge in [-0.3, -0.25) is 0 Å². The van der Waals surface area contributed by atoms with Gasteiger partial charge in [-0.25, -0.2) is 9.97 Å². The van der Waals surface area contributed by atoms with Crippen LogP contribution in [0.1, 0.15) is 60.2 Å². The van der Waals surface area contributed by atoms with Crippen LogP contribution < -0.4 is 10.6 Å². The highest BCUT2D eigenvalue weighted by Gasteiger charge is 2.19. The maximum absolute atomic E-state index is 9.47. The van der Waals surface area contributed by atoms with Crippen molar-refractivity contribution in [1.82, 2.24) is 9.97 Å². The van der Waals surface area contributed by atoms with Gasteiger partial charge in [-0.1, -0.05) is 27.7 Å². The molecule has 0 aliphatic carbocycles. The summed E-state index contributed by atoms with van der Waals surface area (Å²) in [4.78, 5) is 9.21. The van der Waals surface area contributed by atoms with E-state index >= 15 is 0 Å². The Balaban J connectivity index is 2.95. The lowest BCUT2D eigenvalue weighted by atomic mass is 9.96. The molecule has 1 aromatic rings. The van der Waals surface area contributed by atoms with Gasteiger partial charge in [0.25, 0.3) is 0 Å². The smallest absolute Gasteiger partial charge is 0.138 e. The van der Waals surface area contributed by atoms with Crippen LogP contribution in [-0.2, 0) is 5.41 Å². The number of hydrogen-bond acceptors (Lipinski definition) is 5. The van der Waals surface area contributed by atoms with Crippen LogP contribution in [-0.4, -0.2) is 33.8 Å². The van der Waals surface area contributed by atoms with Gasteiger partial charge in [-0.15, -0.1) is 0 Å². The summed E-state index contributed by atoms with van der Waals surface area (Å²) in [7, 11) is 0. The first-order valence-corrected chi connectivity index (χ1v) is 7.80. The molecule has 5 nitrogen and oxygen atoms in total. The summed E-state index contributed by atoms with van der Waals surface area (Å²) in [6, 6.07) is 2.09. The predicted molar refractivity (Wildman–Crippen MR) is 88.9 cm³/mol. The number of rotatable bonds is 7. The van der Waals surface area contributed by atoms with Crippen LogP contribution in [0.25, 0.3) is 0 Å². The van der Waals surface area contributed by atoms with Gasteiger partial charge >= 0.3 is 0 Å². The molecule has 0 aromatic carbocycles. The average molecular weight is 294 g/mol. The van der Waals surface area contributed by atoms with Crippen molar-refractivity contribution >= 4 is 11.6 Å². The first-order valence-electron chi connectivity index (χ1n) is 7.80. The molecule has 120 valence electrons. The number of anilines is 2. The van der Waals surface area contributed by atoms with Crippen molar-refractivity contribution in [2.75, 3.05) is 17.2 Å². The van der Waals surface area contributed by atoms with Gasteiger partial charge in [-0.05, 0) is 26.7 Å². The molecule has 0 radical (unpaired) electrons. The molecule has 0 saturated carbocycles. The van der Waals surface area contributed by atoms with E-state index in [0.29, 0.717) is 6.42 Å². The summed E-state index contributed by atoms with van der Waals surface area (Å²) in [5.74, 6) is 2.47. The van der Waals surface area contributed by atoms with Crippen molar-refractivity contribution in [3.8, 4) is 0 Å². The van der Waals surface area contributed by atoms with E-state index in [2.05, 4.69) is 48.3 Å². The van der Waals surface area contributed by atoms with Crippen LogP contribution in [0.3, 0.4) is 0 Å². The van der Waals surface area contributed by atoms with Gasteiger partial charge in [0.15, 0.2) is 0 Å². The second-order valence-electron chi connectivity index (χ2n) is 6.77. The molecule has 21 heavy (non-hydrogen) atoms. The molecular formula is C16H30N4O. The average Bonchev–Trinajstić information content (AvgIpc) is 2.33. The van der Waals surface area contributed by atoms with E-state index in [1.54, 1.807) is 6.92 Å². The van der Waals surface area contributed by atoms with E-state index in [9.17, 15) is 5.11 Å². The van der Waals surface area contributed by atoms with Gasteiger partial charge in [0, 0.05) is 24.1 Å². The monoisotopic (exact) mass is 294 g/mol. The van der Waals surface area contributed by atoms with Crippen molar-refractivity contribution in [3.05, 3.63) is 11.9 Å². The quantitative estimate of drug-likeness (QED) is 0.720. The summed E-state index contributed by atoms with van der Waals surface area (Å²) in [6.45, 7) is 13.2. The Bertz CT molecular complexity index is 440. The SMILES string of the molecule is CCCNc1cc(NC(C)CC(C)O)nc(C(C)(C)C)n1. The molecule has 2 unspecified atom stereocenters. The maximum Gasteiger partial charge on any atom is 0.138 e. The second kappa shape index (κ2) is 7.59. The molecule has 5 heteroatoms. The predicted octanol–water partition coefficient (Wildman–Crippen LogP) is 3.17. The van der Waals surface area contributed by atoms with Gasteiger partial charge in [0.05, 0.1) is 6.10 Å². The molecule has 0 spiro atoms. The van der Waals surface area contributed by atoms with Crippen LogP contribution in [0.4, 0.5) is 11.6 Å². The van der Waals surface area contributed by atoms with Crippen LogP contribution in [0, 0.1) is 0 Å². The third kappa shape index (κ3) is 6.29. The zero-order valence-electron chi connectivity index (χ0n) is 14.2. The fourth-order valence-electron chi connectivity index (χ4n) is 2.02. The van der Waals surface area contributed by atoms with Crippen molar-refractivity contribution in [3.63, 3.8) is 0 Å². The Morgan fingerprint density at radius 3 is 2.33 bits per heavy atom. The standard InChI is InChI=1S/C16H30N4O/c1-7-8-17-13-10-14(18-11(2)9-12(3)21)20-15(19-13)16(4,5)6/h10-12,21H,7-9H2,1-6H3,(H2,17,18,19,20). The normalized spacial score (nSPS) is 14.6. The summed E-state index contributed by atoms with van der Waals surface area (Å²) >= 11 is 0. The highest BCUT2D eigenvalue weighted by atomic mass is 16.3. The van der Waals surface area contributed by atoms with Gasteiger partial charge in [0.1, 0.15) is 17.5 Å². The zero-order chi connectivity index (χ0) is 16.0. The van der Waals surface area contributed by atoms with Gasteiger partial charge in [-0.2, -0.15) is 0 Å². The summed E-state index contributed by atoms with van der Waals surface area (Å²) in [6.07, 6.45) is 1.41. The Morgan fingerprint density at radius 2 is 1.81 bits per heavy atom. The Morgan fingerprint density at radius 1 is 1.19 bits per heavy atom. The second-order valence-corrected chi connectivity index (χ2v) is 6.77. The largest absolute Gasteiger partial charge is 0.393 e. The maximum atomic E-state index is 9.47. The molecule has 3 N–H and O–H groups in total. The van der Waals surface area contributed by atoms with Crippen LogP contribution >= 0.6 is 0 Å². The number of nitrogens with one attached hydrogen (secondary N) is 2. The van der Waals surface area contributed by atoms with Gasteiger partial charge in [0.2, 0.25) is 0 Å². The molecule has 0 fully saturated rings. The molecule has 1 heterocycles. The number of aromatic nitrogens is 2. The Kier molecular flexibility index (Phi) is 6.40. The first kappa shape index (κ1) is 17.7. The summed E-state index contributed by atoms with van der Waals surface area (Å²) in [5.41, 5.74) is -0.103. The lowest BCUT2D eigenvalue weighted by molar-refractivity contribution is 0.179. The lowest BCUT2D eigenvalue weighted by Gasteiger charge is -2.21. The number of nitrogens with zero attached hydrogens (tertiary/aromatic N) is 2.